The van der Waals surface area contributed by atoms with Crippen molar-refractivity contribution in [1.82, 2.24) is 5.32 Å². The van der Waals surface area contributed by atoms with Crippen molar-refractivity contribution >= 4 is 46.6 Å². The Morgan fingerprint density at radius 1 is 0.810 bits per heavy atom. The standard InChI is InChI=1S/C15H8Cl3NO2/c16-15(17,18)12-9(8-4-2-1-3-5-8)6-7-10-11(12)14(21)19-13(10)20/h1-7H,(H,19,20,21). The van der Waals surface area contributed by atoms with Gasteiger partial charge in [0.2, 0.25) is 3.79 Å². The summed E-state index contributed by atoms with van der Waals surface area (Å²) >= 11 is 18.1. The van der Waals surface area contributed by atoms with Crippen molar-refractivity contribution in [3.05, 3.63) is 59.2 Å². The number of halogens is 3. The highest BCUT2D eigenvalue weighted by Gasteiger charge is 2.38. The van der Waals surface area contributed by atoms with E-state index in [9.17, 15) is 9.59 Å². The molecule has 0 atom stereocenters. The Morgan fingerprint density at radius 2 is 1.43 bits per heavy atom. The first kappa shape index (κ1) is 14.4. The van der Waals surface area contributed by atoms with Gasteiger partial charge in [0.25, 0.3) is 11.8 Å². The van der Waals surface area contributed by atoms with Gasteiger partial charge in [0.1, 0.15) is 0 Å². The van der Waals surface area contributed by atoms with Crippen molar-refractivity contribution in [2.75, 3.05) is 0 Å². The lowest BCUT2D eigenvalue weighted by molar-refractivity contribution is 0.0879. The Balaban J connectivity index is 2.36. The molecule has 1 aliphatic rings. The lowest BCUT2D eigenvalue weighted by Crippen LogP contribution is -2.21. The van der Waals surface area contributed by atoms with Gasteiger partial charge in [0.15, 0.2) is 0 Å². The van der Waals surface area contributed by atoms with Crippen molar-refractivity contribution in [2.24, 2.45) is 0 Å². The number of imide groups is 1. The van der Waals surface area contributed by atoms with Gasteiger partial charge in [0, 0.05) is 5.56 Å². The number of carbonyl (C=O) groups is 2. The number of alkyl halides is 3. The fraction of sp³-hybridized carbons (Fsp3) is 0.0667. The van der Waals surface area contributed by atoms with Crippen molar-refractivity contribution in [2.45, 2.75) is 3.79 Å². The predicted octanol–water partition coefficient (Wildman–Crippen LogP) is 4.06. The summed E-state index contributed by atoms with van der Waals surface area (Å²) in [6.07, 6.45) is 0. The molecule has 21 heavy (non-hydrogen) atoms. The number of carbonyl (C=O) groups excluding carboxylic acids is 2. The highest BCUT2D eigenvalue weighted by atomic mass is 35.6. The summed E-state index contributed by atoms with van der Waals surface area (Å²) in [5.74, 6) is -1.03. The van der Waals surface area contributed by atoms with Crippen LogP contribution in [0.25, 0.3) is 11.1 Å². The van der Waals surface area contributed by atoms with Crippen LogP contribution >= 0.6 is 34.8 Å². The van der Waals surface area contributed by atoms with E-state index in [1.54, 1.807) is 12.1 Å². The van der Waals surface area contributed by atoms with Crippen LogP contribution in [0.3, 0.4) is 0 Å². The molecule has 1 N–H and O–H groups in total. The molecule has 1 heterocycles. The quantitative estimate of drug-likeness (QED) is 0.628. The number of rotatable bonds is 1. The third kappa shape index (κ3) is 2.42. The number of nitrogens with one attached hydrogen (secondary N) is 1. The Morgan fingerprint density at radius 3 is 2.05 bits per heavy atom. The molecule has 0 saturated heterocycles. The van der Waals surface area contributed by atoms with Crippen LogP contribution in [0.1, 0.15) is 26.3 Å². The first-order valence-corrected chi connectivity index (χ1v) is 7.18. The lowest BCUT2D eigenvalue weighted by Gasteiger charge is -2.19. The van der Waals surface area contributed by atoms with Crippen molar-refractivity contribution < 1.29 is 9.59 Å². The van der Waals surface area contributed by atoms with Gasteiger partial charge >= 0.3 is 0 Å². The Hall–Kier alpha value is -1.55. The minimum Gasteiger partial charge on any atom is -0.288 e. The molecule has 0 saturated carbocycles. The summed E-state index contributed by atoms with van der Waals surface area (Å²) in [4.78, 5) is 23.8. The number of benzene rings is 2. The molecule has 2 aromatic carbocycles. The SMILES string of the molecule is O=C1NC(=O)c2c1ccc(-c1ccccc1)c2C(Cl)(Cl)Cl. The summed E-state index contributed by atoms with van der Waals surface area (Å²) < 4.78 is -1.82. The molecule has 6 heteroatoms. The van der Waals surface area contributed by atoms with Gasteiger partial charge in [-0.05, 0) is 17.2 Å². The number of fused-ring (bicyclic) bond motifs is 1. The van der Waals surface area contributed by atoms with Crippen LogP contribution in [0, 0.1) is 0 Å². The van der Waals surface area contributed by atoms with Gasteiger partial charge in [-0.25, -0.2) is 0 Å². The van der Waals surface area contributed by atoms with E-state index in [-0.39, 0.29) is 16.7 Å². The molecule has 0 radical (unpaired) electrons. The van der Waals surface area contributed by atoms with Crippen molar-refractivity contribution in [3.63, 3.8) is 0 Å². The molecule has 0 unspecified atom stereocenters. The number of amides is 2. The second-order valence-electron chi connectivity index (χ2n) is 4.56. The zero-order valence-corrected chi connectivity index (χ0v) is 12.8. The summed E-state index contributed by atoms with van der Waals surface area (Å²) in [6.45, 7) is 0. The van der Waals surface area contributed by atoms with Crippen LogP contribution in [0.2, 0.25) is 0 Å². The molecule has 0 aromatic heterocycles. The molecule has 0 fully saturated rings. The van der Waals surface area contributed by atoms with Crippen LogP contribution in [0.5, 0.6) is 0 Å². The minimum absolute atomic E-state index is 0.126. The molecular weight excluding hydrogens is 333 g/mol. The first-order valence-electron chi connectivity index (χ1n) is 6.05. The summed E-state index contributed by atoms with van der Waals surface area (Å²) in [5, 5.41) is 2.22. The van der Waals surface area contributed by atoms with E-state index in [1.165, 1.54) is 0 Å². The molecule has 2 aromatic rings. The predicted molar refractivity (Wildman–Crippen MR) is 82.9 cm³/mol. The maximum absolute atomic E-state index is 12.0. The Kier molecular flexibility index (Phi) is 3.44. The molecule has 0 bridgehead atoms. The second kappa shape index (κ2) is 5.02. The van der Waals surface area contributed by atoms with Gasteiger partial charge in [-0.15, -0.1) is 0 Å². The van der Waals surface area contributed by atoms with Crippen LogP contribution in [0.15, 0.2) is 42.5 Å². The van der Waals surface area contributed by atoms with E-state index in [0.717, 1.165) is 5.56 Å². The first-order chi connectivity index (χ1) is 9.89. The van der Waals surface area contributed by atoms with E-state index in [4.69, 9.17) is 34.8 Å². The normalized spacial score (nSPS) is 14.0. The van der Waals surface area contributed by atoms with Gasteiger partial charge in [-0.3, -0.25) is 14.9 Å². The number of hydrogen-bond acceptors (Lipinski definition) is 2. The highest BCUT2D eigenvalue weighted by Crippen LogP contribution is 2.46. The highest BCUT2D eigenvalue weighted by molar-refractivity contribution is 6.67. The molecule has 2 amide bonds. The third-order valence-corrected chi connectivity index (χ3v) is 3.84. The second-order valence-corrected chi connectivity index (χ2v) is 6.84. The smallest absolute Gasteiger partial charge is 0.259 e. The summed E-state index contributed by atoms with van der Waals surface area (Å²) in [7, 11) is 0. The molecule has 106 valence electrons. The zero-order chi connectivity index (χ0) is 15.2. The Labute approximate surface area is 135 Å². The molecule has 3 rings (SSSR count). The van der Waals surface area contributed by atoms with Gasteiger partial charge in [-0.2, -0.15) is 0 Å². The monoisotopic (exact) mass is 339 g/mol. The van der Waals surface area contributed by atoms with Gasteiger partial charge in [0.05, 0.1) is 11.1 Å². The fourth-order valence-electron chi connectivity index (χ4n) is 2.41. The largest absolute Gasteiger partial charge is 0.288 e. The van der Waals surface area contributed by atoms with Crippen LogP contribution in [-0.4, -0.2) is 11.8 Å². The molecule has 1 aliphatic heterocycles. The van der Waals surface area contributed by atoms with E-state index < -0.39 is 15.6 Å². The van der Waals surface area contributed by atoms with Crippen LogP contribution < -0.4 is 5.32 Å². The van der Waals surface area contributed by atoms with E-state index in [2.05, 4.69) is 5.32 Å². The van der Waals surface area contributed by atoms with E-state index in [1.807, 2.05) is 30.3 Å². The average molecular weight is 341 g/mol. The van der Waals surface area contributed by atoms with E-state index >= 15 is 0 Å². The summed E-state index contributed by atoms with van der Waals surface area (Å²) in [6, 6.07) is 12.5. The molecule has 3 nitrogen and oxygen atoms in total. The number of hydrogen-bond donors (Lipinski definition) is 1. The maximum atomic E-state index is 12.0. The zero-order valence-electron chi connectivity index (χ0n) is 10.5. The lowest BCUT2D eigenvalue weighted by atomic mass is 9.93. The molecule has 0 spiro atoms. The molecule has 0 aliphatic carbocycles. The average Bonchev–Trinajstić information content (AvgIpc) is 2.73. The van der Waals surface area contributed by atoms with Crippen molar-refractivity contribution in [1.29, 1.82) is 0 Å². The minimum atomic E-state index is -1.82. The van der Waals surface area contributed by atoms with Crippen molar-refractivity contribution in [3.8, 4) is 11.1 Å². The van der Waals surface area contributed by atoms with Crippen LogP contribution in [0.4, 0.5) is 0 Å². The Bertz CT molecular complexity index is 752. The third-order valence-electron chi connectivity index (χ3n) is 3.27. The molecular formula is C15H8Cl3NO2. The van der Waals surface area contributed by atoms with Gasteiger partial charge in [-0.1, -0.05) is 71.2 Å². The van der Waals surface area contributed by atoms with E-state index in [0.29, 0.717) is 5.56 Å². The van der Waals surface area contributed by atoms with Gasteiger partial charge < -0.3 is 0 Å². The topological polar surface area (TPSA) is 46.2 Å². The maximum Gasteiger partial charge on any atom is 0.259 e. The fourth-order valence-corrected chi connectivity index (χ4v) is 3.00. The summed E-state index contributed by atoms with van der Waals surface area (Å²) in [5.41, 5.74) is 1.98. The van der Waals surface area contributed by atoms with Crippen LogP contribution in [-0.2, 0) is 3.79 Å².